The summed E-state index contributed by atoms with van der Waals surface area (Å²) in [5.74, 6) is -15.4. The molecule has 832 valence electrons. The first-order valence-corrected chi connectivity index (χ1v) is 52.0. The largest absolute Gasteiger partial charge is 0.480 e. The Morgan fingerprint density at radius 1 is 0.353 bits per heavy atom. The highest BCUT2D eigenvalue weighted by Gasteiger charge is 2.50. The topological polar surface area (TPSA) is 896 Å². The van der Waals surface area contributed by atoms with Gasteiger partial charge in [-0.3, -0.25) is 110 Å². The number of amides is 15. The number of H-pyrrole nitrogens is 1. The number of fused-ring (bicyclic) bond motifs is 1. The molecule has 150 heavy (non-hydrogen) atoms. The molecule has 6 fully saturated rings. The van der Waals surface area contributed by atoms with E-state index in [2.05, 4.69) is 90.1 Å². The van der Waals surface area contributed by atoms with Crippen LogP contribution in [-0.4, -0.2) is 358 Å². The summed E-state index contributed by atoms with van der Waals surface area (Å²) in [4.78, 5) is 248. The number of carbonyl (C=O) groups excluding carboxylic acids is 15. The predicted molar refractivity (Wildman–Crippen MR) is 556 cm³/mol. The summed E-state index contributed by atoms with van der Waals surface area (Å²) >= 11 is 0. The van der Waals surface area contributed by atoms with Gasteiger partial charge in [-0.05, 0) is 197 Å². The fourth-order valence-corrected chi connectivity index (χ4v) is 19.9. The lowest BCUT2D eigenvalue weighted by atomic mass is 9.96. The van der Waals surface area contributed by atoms with Crippen molar-refractivity contribution in [3.8, 4) is 0 Å². The first kappa shape index (κ1) is 120. The van der Waals surface area contributed by atoms with Gasteiger partial charge in [-0.25, -0.2) is 4.79 Å². The number of guanidine groups is 7. The molecule has 6 saturated heterocycles. The molecule has 7 heterocycles. The summed E-state index contributed by atoms with van der Waals surface area (Å²) < 4.78 is 0. The summed E-state index contributed by atoms with van der Waals surface area (Å²) in [5.41, 5.74) is 46.5. The third-order valence-electron chi connectivity index (χ3n) is 27.8. The number of aliphatic carboxylic acids is 1. The fourth-order valence-electron chi connectivity index (χ4n) is 19.9. The normalized spacial score (nSPS) is 19.5. The number of hydrogen-bond donors (Lipinski definition) is 33. The van der Waals surface area contributed by atoms with Crippen LogP contribution in [0.1, 0.15) is 213 Å². The van der Waals surface area contributed by atoms with Crippen molar-refractivity contribution in [2.45, 2.75) is 311 Å². The van der Waals surface area contributed by atoms with Crippen molar-refractivity contribution in [2.24, 2.45) is 57.7 Å². The van der Waals surface area contributed by atoms with Crippen LogP contribution in [0.25, 0.3) is 10.9 Å². The maximum atomic E-state index is 15.4. The van der Waals surface area contributed by atoms with Crippen molar-refractivity contribution < 1.29 is 81.8 Å². The van der Waals surface area contributed by atoms with Crippen molar-refractivity contribution in [1.82, 2.24) is 119 Å². The Kier molecular flexibility index (Phi) is 48.1. The smallest absolute Gasteiger partial charge is 0.326 e. The zero-order valence-electron chi connectivity index (χ0n) is 86.3. The third-order valence-corrected chi connectivity index (χ3v) is 27.8. The lowest BCUT2D eigenvalue weighted by Gasteiger charge is -2.34. The second kappa shape index (κ2) is 60.0. The fraction of sp³-hybridized carbons (Fsp3) is 0.674. The molecule has 17 atom stereocenters. The number of carboxylic acids is 1. The van der Waals surface area contributed by atoms with Crippen LogP contribution >= 0.6 is 0 Å². The Bertz CT molecular complexity index is 5080. The van der Waals surface area contributed by atoms with E-state index in [1.165, 1.54) is 29.4 Å². The summed E-state index contributed by atoms with van der Waals surface area (Å²) in [6, 6.07) is -13.1. The van der Waals surface area contributed by atoms with Crippen molar-refractivity contribution in [3.63, 3.8) is 0 Å². The molecule has 0 bridgehead atoms. The molecule has 1 aromatic carbocycles. The van der Waals surface area contributed by atoms with Crippen LogP contribution in [0.2, 0.25) is 0 Å². The predicted octanol–water partition coefficient (Wildman–Crippen LogP) is -6.63. The molecule has 41 N–H and O–H groups in total. The van der Waals surface area contributed by atoms with Gasteiger partial charge in [-0.2, -0.15) is 0 Å². The van der Waals surface area contributed by atoms with Gasteiger partial charge >= 0.3 is 5.97 Å². The minimum Gasteiger partial charge on any atom is -0.480 e. The number of nitrogens with one attached hydrogen (secondary N) is 24. The molecule has 2 aromatic rings. The van der Waals surface area contributed by atoms with Crippen molar-refractivity contribution in [3.05, 3.63) is 36.0 Å². The molecule has 8 rings (SSSR count). The Morgan fingerprint density at radius 2 is 0.640 bits per heavy atom. The van der Waals surface area contributed by atoms with Crippen LogP contribution in [0.4, 0.5) is 0 Å². The van der Waals surface area contributed by atoms with Crippen LogP contribution in [0, 0.1) is 49.7 Å². The lowest BCUT2D eigenvalue weighted by Crippen LogP contribution is -2.61. The van der Waals surface area contributed by atoms with Gasteiger partial charge in [-0.1, -0.05) is 52.3 Å². The van der Waals surface area contributed by atoms with E-state index in [1.54, 1.807) is 40.0 Å². The van der Waals surface area contributed by atoms with E-state index in [0.29, 0.717) is 50.5 Å². The highest BCUT2D eigenvalue weighted by atomic mass is 16.4. The number of rotatable bonds is 59. The Balaban J connectivity index is 0.965. The first-order chi connectivity index (χ1) is 71.4. The molecule has 55 nitrogen and oxygen atoms in total. The monoisotopic (exact) mass is 2110 g/mol. The van der Waals surface area contributed by atoms with Crippen LogP contribution in [-0.2, 0) is 83.1 Å². The first-order valence-electron chi connectivity index (χ1n) is 52.0. The Hall–Kier alpha value is -14.9. The molecule has 0 spiro atoms. The Labute approximate surface area is 871 Å². The van der Waals surface area contributed by atoms with Gasteiger partial charge in [0.05, 0.1) is 6.04 Å². The molecule has 0 saturated carbocycles. The third kappa shape index (κ3) is 36.6. The maximum Gasteiger partial charge on any atom is 0.326 e. The van der Waals surface area contributed by atoms with Crippen molar-refractivity contribution in [2.75, 3.05) is 85.1 Å². The molecule has 6 aliphatic rings. The number of aromatic amines is 1. The summed E-state index contributed by atoms with van der Waals surface area (Å²) in [6.45, 7) is 8.10. The zero-order chi connectivity index (χ0) is 110. The summed E-state index contributed by atoms with van der Waals surface area (Å²) in [6.07, 6.45) is 5.62. The number of nitrogens with zero attached hydrogens (tertiary/aromatic N) is 6. The Morgan fingerprint density at radius 3 is 1.02 bits per heavy atom. The van der Waals surface area contributed by atoms with E-state index < -0.39 is 197 Å². The van der Waals surface area contributed by atoms with Crippen molar-refractivity contribution >= 4 is 147 Å². The van der Waals surface area contributed by atoms with E-state index in [4.69, 9.17) is 83.7 Å². The number of carboxylic acid groups (broad SMARTS) is 1. The van der Waals surface area contributed by atoms with E-state index >= 15 is 52.7 Å². The standard InChI is InChI=1S/C95H160N38O17/c1-5-53(4)72(127-75(136)59(25-10-38-113-91(101)102)119-73(134)56(96)22-8-36-111-89(97)98)81(142)123-62(28-13-41-116-94(107)108)83(144)128-43-15-30-66(128)77(138)122-61(27-12-40-115-93(105)106)84(145)133-48-20-35-71(133)87(148)132-47-19-34-70(132)76(137)120-58(24-9-37-112-90(99)100)74(135)125-64(49-52(2)3)85(146)130-45-17-31-67(130)78(139)121-60(26-11-39-114-92(103)104)82(143)129-44-16-33-69(129)80(141)126-65(50-54-51-118-57-23-7-6-21-55(54)57)86(147)131-46-18-32-68(131)79(140)124-63(88(149)150)29-14-42-117-95(109)110/h6-7,21,23,51-53,56,58-72,118H,5,8-20,22,24-50,96H2,1-4H3,(H,119,134)(H,120,137)(H,121,139)(H,122,138)(H,123,142)(H,124,140)(H,125,135)(H,126,141)(H,127,136)(H,149,150)(H4,97,98,111)(H4,99,100,112)(H4,101,102,113)(H4,103,104,114)(H4,105,106,115)(H4,107,108,116)(H4,109,110,117)/t53-,56-,58-,59-,60-,61-,62-,63-,64-,65-,66-,67-,68-,69-,70-,71-,72-/m0/s1. The molecule has 0 aliphatic carbocycles. The molecule has 15 amide bonds. The second-order valence-electron chi connectivity index (χ2n) is 39.5. The molecular formula is C95H160N38O17. The maximum absolute atomic E-state index is 15.4. The van der Waals surface area contributed by atoms with Crippen molar-refractivity contribution in [1.29, 1.82) is 37.9 Å². The average molecular weight is 2110 g/mol. The highest BCUT2D eigenvalue weighted by Crippen LogP contribution is 2.32. The molecule has 1 aromatic heterocycles. The zero-order valence-corrected chi connectivity index (χ0v) is 86.3. The van der Waals surface area contributed by atoms with Gasteiger partial charge in [0.25, 0.3) is 0 Å². The number of likely N-dealkylation sites (tertiary alicyclic amines) is 6. The number of aromatic nitrogens is 1. The van der Waals surface area contributed by atoms with E-state index in [1.807, 2.05) is 18.2 Å². The molecule has 0 radical (unpaired) electrons. The number of hydrogen-bond acceptors (Lipinski definition) is 24. The SMILES string of the molecule is CC[C@H](C)[C@H](NC(=O)[C@H](CCCNC(=N)N)NC(=O)[C@@H](N)CCCNC(=N)N)C(=O)N[C@@H](CCCNC(=N)N)C(=O)N1CCC[C@H]1C(=O)N[C@@H](CCCNC(=N)N)C(=O)N1CCC[C@H]1C(=O)N1CCC[C@H]1C(=O)N[C@@H](CCCNC(=N)N)C(=O)N[C@@H](CC(C)C)C(=O)N1CCC[C@H]1C(=O)N[C@@H](CCCNC(=N)N)C(=O)N1CCC[C@H]1C(=O)N[C@@H](Cc1c[nH]c2ccccc12)C(=O)N1CCC[C@H]1C(=O)N[C@@H](CCCNC(=N)N)C(=O)O. The number of carbonyl (C=O) groups is 16. The van der Waals surface area contributed by atoms with E-state index in [0.717, 1.165) is 10.9 Å². The molecule has 55 heteroatoms. The molecule has 6 aliphatic heterocycles. The number of benzene rings is 1. The average Bonchev–Trinajstić information content (AvgIpc) is 1.64. The van der Waals surface area contributed by atoms with Gasteiger partial charge in [0.15, 0.2) is 41.7 Å². The number of nitrogens with two attached hydrogens (primary N) is 8. The van der Waals surface area contributed by atoms with Gasteiger partial charge in [0.1, 0.15) is 90.6 Å². The van der Waals surface area contributed by atoms with Crippen LogP contribution in [0.3, 0.4) is 0 Å². The minimum atomic E-state index is -1.42. The van der Waals surface area contributed by atoms with Crippen LogP contribution < -0.4 is 131 Å². The highest BCUT2D eigenvalue weighted by molar-refractivity contribution is 6.02. The van der Waals surface area contributed by atoms with Gasteiger partial charge in [0, 0.05) is 109 Å². The van der Waals surface area contributed by atoms with Gasteiger partial charge in [0.2, 0.25) is 88.6 Å². The van der Waals surface area contributed by atoms with E-state index in [-0.39, 0.29) is 274 Å². The molecular weight excluding hydrogens is 1950 g/mol. The van der Waals surface area contributed by atoms with E-state index in [9.17, 15) is 29.1 Å². The lowest BCUT2D eigenvalue weighted by molar-refractivity contribution is -0.148. The summed E-state index contributed by atoms with van der Waals surface area (Å²) in [7, 11) is 0. The quantitative estimate of drug-likeness (QED) is 0.0166. The van der Waals surface area contributed by atoms with Crippen LogP contribution in [0.15, 0.2) is 30.5 Å². The summed E-state index contributed by atoms with van der Waals surface area (Å²) in [5, 5.41) is 109. The number of para-hydroxylation sites is 1. The minimum absolute atomic E-state index is 0.00546. The van der Waals surface area contributed by atoms with Crippen LogP contribution in [0.5, 0.6) is 0 Å². The van der Waals surface area contributed by atoms with Gasteiger partial charge < -0.3 is 170 Å². The molecule has 0 unspecified atom stereocenters. The van der Waals surface area contributed by atoms with Gasteiger partial charge in [-0.15, -0.1) is 0 Å². The second-order valence-corrected chi connectivity index (χ2v) is 39.5.